The van der Waals surface area contributed by atoms with Gasteiger partial charge in [-0.2, -0.15) is 5.26 Å². The maximum absolute atomic E-state index is 11.4. The summed E-state index contributed by atoms with van der Waals surface area (Å²) in [7, 11) is 0. The number of hydrogen-bond donors (Lipinski definition) is 3. The van der Waals surface area contributed by atoms with Crippen molar-refractivity contribution in [2.45, 2.75) is 6.92 Å². The van der Waals surface area contributed by atoms with Crippen molar-refractivity contribution in [1.29, 1.82) is 5.26 Å². The summed E-state index contributed by atoms with van der Waals surface area (Å²) in [5.74, 6) is 0.614. The van der Waals surface area contributed by atoms with Crippen molar-refractivity contribution >= 4 is 17.6 Å². The lowest BCUT2D eigenvalue weighted by Gasteiger charge is -2.28. The van der Waals surface area contributed by atoms with Gasteiger partial charge in [0.15, 0.2) is 5.84 Å². The van der Waals surface area contributed by atoms with Crippen LogP contribution in [0.25, 0.3) is 0 Å². The summed E-state index contributed by atoms with van der Waals surface area (Å²) in [6.45, 7) is 1.72. The number of pyridine rings is 1. The monoisotopic (exact) mass is 298 g/mol. The van der Waals surface area contributed by atoms with Crippen LogP contribution in [0.2, 0.25) is 0 Å². The summed E-state index contributed by atoms with van der Waals surface area (Å²) < 4.78 is 0. The van der Waals surface area contributed by atoms with Gasteiger partial charge in [-0.3, -0.25) is 4.79 Å². The third-order valence-corrected chi connectivity index (χ3v) is 2.94. The highest BCUT2D eigenvalue weighted by Gasteiger charge is 2.19. The number of carbonyl (C=O) groups is 1. The number of nitrogens with two attached hydrogens (primary N) is 1. The summed E-state index contributed by atoms with van der Waals surface area (Å²) in [4.78, 5) is 17.3. The number of rotatable bonds is 3. The summed E-state index contributed by atoms with van der Waals surface area (Å²) in [5, 5.41) is 23.3. The van der Waals surface area contributed by atoms with Gasteiger partial charge in [-0.25, -0.2) is 4.98 Å². The minimum absolute atomic E-state index is 0.0544. The lowest BCUT2D eigenvalue weighted by Crippen LogP contribution is -2.38. The molecule has 0 atom stereocenters. The maximum Gasteiger partial charge on any atom is 0.222 e. The molecule has 1 aromatic heterocycles. The fourth-order valence-corrected chi connectivity index (χ4v) is 1.94. The van der Waals surface area contributed by atoms with Crippen LogP contribution >= 0.6 is 0 Å². The van der Waals surface area contributed by atoms with E-state index in [-0.39, 0.29) is 11.7 Å². The number of amides is 1. The Balaban J connectivity index is 2.40. The Morgan fingerprint density at radius 1 is 1.64 bits per heavy atom. The normalized spacial score (nSPS) is 14.7. The van der Waals surface area contributed by atoms with Crippen LogP contribution in [-0.4, -0.2) is 28.5 Å². The first kappa shape index (κ1) is 15.1. The molecule has 0 aliphatic carbocycles. The van der Waals surface area contributed by atoms with E-state index in [0.717, 1.165) is 0 Å². The van der Waals surface area contributed by atoms with Crippen LogP contribution in [0.5, 0.6) is 0 Å². The molecule has 8 nitrogen and oxygen atoms in total. The SMILES string of the molecule is CC(=O)NC1=CC(C(N)=NO)=CCN1c1cc(C#N)ccn1. The van der Waals surface area contributed by atoms with Crippen LogP contribution in [0.15, 0.2) is 47.0 Å². The smallest absolute Gasteiger partial charge is 0.222 e. The molecule has 0 fully saturated rings. The van der Waals surface area contributed by atoms with Crippen LogP contribution < -0.4 is 16.0 Å². The van der Waals surface area contributed by atoms with E-state index in [9.17, 15) is 4.79 Å². The van der Waals surface area contributed by atoms with Crippen molar-refractivity contribution < 1.29 is 10.0 Å². The van der Waals surface area contributed by atoms with Gasteiger partial charge in [0.25, 0.3) is 0 Å². The Bertz CT molecular complexity index is 729. The summed E-state index contributed by atoms with van der Waals surface area (Å²) in [6, 6.07) is 5.24. The average molecular weight is 298 g/mol. The van der Waals surface area contributed by atoms with Gasteiger partial charge in [-0.15, -0.1) is 0 Å². The maximum atomic E-state index is 11.4. The van der Waals surface area contributed by atoms with E-state index < -0.39 is 0 Å². The standard InChI is InChI=1S/C14H14N6O2/c1-9(21)18-13-7-11(14(16)19-22)3-5-20(13)12-6-10(8-15)2-4-17-12/h2-4,6-7,22H,5H2,1H3,(H2,16,19)(H,18,21). The molecular weight excluding hydrogens is 284 g/mol. The molecule has 2 heterocycles. The molecule has 0 unspecified atom stereocenters. The topological polar surface area (TPSA) is 128 Å². The number of aromatic nitrogens is 1. The fraction of sp³-hybridized carbons (Fsp3) is 0.143. The van der Waals surface area contributed by atoms with E-state index in [2.05, 4.69) is 15.5 Å². The van der Waals surface area contributed by atoms with Crippen molar-refractivity contribution in [3.63, 3.8) is 0 Å². The number of nitrogens with zero attached hydrogens (tertiary/aromatic N) is 4. The third kappa shape index (κ3) is 3.21. The van der Waals surface area contributed by atoms with E-state index in [4.69, 9.17) is 16.2 Å². The van der Waals surface area contributed by atoms with Crippen molar-refractivity contribution in [2.24, 2.45) is 10.9 Å². The Kier molecular flexibility index (Phi) is 4.38. The number of amidine groups is 1. The van der Waals surface area contributed by atoms with E-state index in [1.807, 2.05) is 6.07 Å². The van der Waals surface area contributed by atoms with Crippen LogP contribution in [0.4, 0.5) is 5.82 Å². The van der Waals surface area contributed by atoms with Crippen LogP contribution in [-0.2, 0) is 4.79 Å². The van der Waals surface area contributed by atoms with Gasteiger partial charge >= 0.3 is 0 Å². The van der Waals surface area contributed by atoms with Gasteiger partial charge in [-0.05, 0) is 18.2 Å². The Morgan fingerprint density at radius 2 is 2.41 bits per heavy atom. The lowest BCUT2D eigenvalue weighted by atomic mass is 10.1. The average Bonchev–Trinajstić information content (AvgIpc) is 2.53. The molecule has 0 saturated carbocycles. The van der Waals surface area contributed by atoms with Gasteiger partial charge in [0.1, 0.15) is 11.6 Å². The van der Waals surface area contributed by atoms with E-state index >= 15 is 0 Å². The molecule has 0 radical (unpaired) electrons. The van der Waals surface area contributed by atoms with Crippen LogP contribution in [0.1, 0.15) is 12.5 Å². The molecule has 8 heteroatoms. The number of nitrogens with one attached hydrogen (secondary N) is 1. The van der Waals surface area contributed by atoms with Crippen molar-refractivity contribution in [1.82, 2.24) is 10.3 Å². The van der Waals surface area contributed by atoms with Gasteiger partial charge in [0.2, 0.25) is 5.91 Å². The zero-order chi connectivity index (χ0) is 16.1. The predicted molar refractivity (Wildman–Crippen MR) is 79.7 cm³/mol. The third-order valence-electron chi connectivity index (χ3n) is 2.94. The fourth-order valence-electron chi connectivity index (χ4n) is 1.94. The minimum atomic E-state index is -0.270. The van der Waals surface area contributed by atoms with Gasteiger partial charge in [0, 0.05) is 25.2 Å². The quantitative estimate of drug-likeness (QED) is 0.321. The number of anilines is 1. The van der Waals surface area contributed by atoms with Gasteiger partial charge < -0.3 is 21.2 Å². The molecule has 0 saturated heterocycles. The van der Waals surface area contributed by atoms with E-state index in [0.29, 0.717) is 29.3 Å². The second-order valence-electron chi connectivity index (χ2n) is 4.48. The lowest BCUT2D eigenvalue weighted by molar-refractivity contribution is -0.118. The highest BCUT2D eigenvalue weighted by Crippen LogP contribution is 2.21. The summed E-state index contributed by atoms with van der Waals surface area (Å²) in [6.07, 6.45) is 4.81. The number of carbonyl (C=O) groups excluding carboxylic acids is 1. The Hall–Kier alpha value is -3.34. The molecule has 112 valence electrons. The van der Waals surface area contributed by atoms with Crippen LogP contribution in [0.3, 0.4) is 0 Å². The zero-order valence-electron chi connectivity index (χ0n) is 11.8. The van der Waals surface area contributed by atoms with Crippen molar-refractivity contribution in [3.8, 4) is 6.07 Å². The first-order chi connectivity index (χ1) is 10.5. The second-order valence-corrected chi connectivity index (χ2v) is 4.48. The van der Waals surface area contributed by atoms with Gasteiger partial charge in [-0.1, -0.05) is 11.2 Å². The highest BCUT2D eigenvalue weighted by molar-refractivity contribution is 6.00. The molecule has 22 heavy (non-hydrogen) atoms. The Morgan fingerprint density at radius 3 is 3.05 bits per heavy atom. The van der Waals surface area contributed by atoms with Crippen molar-refractivity contribution in [3.05, 3.63) is 47.4 Å². The number of hydrogen-bond acceptors (Lipinski definition) is 6. The van der Waals surface area contributed by atoms with Crippen molar-refractivity contribution in [2.75, 3.05) is 11.4 Å². The molecule has 4 N–H and O–H groups in total. The zero-order valence-corrected chi connectivity index (χ0v) is 11.8. The number of oxime groups is 1. The summed E-state index contributed by atoms with van der Waals surface area (Å²) in [5.41, 5.74) is 6.51. The minimum Gasteiger partial charge on any atom is -0.409 e. The largest absolute Gasteiger partial charge is 0.409 e. The molecule has 1 aromatic rings. The second kappa shape index (κ2) is 6.41. The molecule has 0 aromatic carbocycles. The molecule has 2 rings (SSSR count). The van der Waals surface area contributed by atoms with E-state index in [1.54, 1.807) is 29.2 Å². The Labute approximate surface area is 126 Å². The molecule has 0 bridgehead atoms. The number of nitriles is 1. The molecule has 1 amide bonds. The van der Waals surface area contributed by atoms with Crippen LogP contribution in [0, 0.1) is 11.3 Å². The molecule has 1 aliphatic rings. The first-order valence-electron chi connectivity index (χ1n) is 6.36. The predicted octanol–water partition coefficient (Wildman–Crippen LogP) is 0.424. The molecular formula is C14H14N6O2. The first-order valence-corrected chi connectivity index (χ1v) is 6.36. The summed E-state index contributed by atoms with van der Waals surface area (Å²) >= 11 is 0. The molecule has 0 spiro atoms. The molecule has 1 aliphatic heterocycles. The van der Waals surface area contributed by atoms with Gasteiger partial charge in [0.05, 0.1) is 11.6 Å². The highest BCUT2D eigenvalue weighted by atomic mass is 16.4. The van der Waals surface area contributed by atoms with E-state index in [1.165, 1.54) is 13.1 Å².